The number of carbonyl (C=O) groups is 2. The van der Waals surface area contributed by atoms with Crippen molar-refractivity contribution < 1.29 is 19.1 Å². The molecule has 1 N–H and O–H groups in total. The predicted octanol–water partition coefficient (Wildman–Crippen LogP) is 4.65. The minimum atomic E-state index is -0.600. The molecule has 7 heteroatoms. The maximum Gasteiger partial charge on any atom is 0.341 e. The third-order valence-electron chi connectivity index (χ3n) is 3.99. The summed E-state index contributed by atoms with van der Waals surface area (Å²) in [5, 5.41) is 12.5. The number of amides is 1. The summed E-state index contributed by atoms with van der Waals surface area (Å²) in [4.78, 5) is 25.8. The van der Waals surface area contributed by atoms with Crippen molar-refractivity contribution in [2.45, 2.75) is 20.8 Å². The summed E-state index contributed by atoms with van der Waals surface area (Å²) in [7, 11) is 0. The number of esters is 1. The zero-order valence-electron chi connectivity index (χ0n) is 16.6. The summed E-state index contributed by atoms with van der Waals surface area (Å²) in [6, 6.07) is 8.93. The average Bonchev–Trinajstić information content (AvgIpc) is 2.98. The van der Waals surface area contributed by atoms with Crippen molar-refractivity contribution in [2.75, 3.05) is 18.5 Å². The molecular formula is C22H22N2O4S. The first-order valence-electron chi connectivity index (χ1n) is 8.95. The van der Waals surface area contributed by atoms with Crippen LogP contribution < -0.4 is 10.1 Å². The number of hydrogen-bond acceptors (Lipinski definition) is 6. The molecule has 6 nitrogen and oxygen atoms in total. The van der Waals surface area contributed by atoms with Crippen LogP contribution in [-0.4, -0.2) is 25.1 Å². The van der Waals surface area contributed by atoms with Crippen molar-refractivity contribution in [1.82, 2.24) is 0 Å². The molecule has 0 aliphatic rings. The van der Waals surface area contributed by atoms with Gasteiger partial charge in [0.05, 0.1) is 12.2 Å². The molecule has 0 unspecified atom stereocenters. The zero-order chi connectivity index (χ0) is 21.4. The minimum absolute atomic E-state index is 0.0932. The van der Waals surface area contributed by atoms with Crippen molar-refractivity contribution in [3.63, 3.8) is 0 Å². The number of ether oxygens (including phenoxy) is 2. The van der Waals surface area contributed by atoms with Gasteiger partial charge in [-0.1, -0.05) is 24.8 Å². The Kier molecular flexibility index (Phi) is 7.75. The van der Waals surface area contributed by atoms with Crippen LogP contribution in [0.5, 0.6) is 5.75 Å². The number of aryl methyl sites for hydroxylation is 1. The van der Waals surface area contributed by atoms with Gasteiger partial charge in [0.25, 0.3) is 5.91 Å². The monoisotopic (exact) mass is 410 g/mol. The summed E-state index contributed by atoms with van der Waals surface area (Å²) < 4.78 is 10.6. The molecule has 1 amide bonds. The molecule has 2 rings (SSSR count). The first kappa shape index (κ1) is 21.9. The quantitative estimate of drug-likeness (QED) is 0.296. The van der Waals surface area contributed by atoms with E-state index in [1.54, 1.807) is 44.2 Å². The van der Waals surface area contributed by atoms with Crippen LogP contribution in [0.4, 0.5) is 5.00 Å². The molecule has 1 aromatic carbocycles. The lowest BCUT2D eigenvalue weighted by molar-refractivity contribution is -0.112. The summed E-state index contributed by atoms with van der Waals surface area (Å²) >= 11 is 1.27. The van der Waals surface area contributed by atoms with Crippen LogP contribution in [0.1, 0.15) is 33.3 Å². The van der Waals surface area contributed by atoms with Crippen molar-refractivity contribution in [2.24, 2.45) is 0 Å². The van der Waals surface area contributed by atoms with Crippen LogP contribution in [0.3, 0.4) is 0 Å². The number of rotatable bonds is 8. The van der Waals surface area contributed by atoms with Gasteiger partial charge in [0.15, 0.2) is 0 Å². The number of nitriles is 1. The molecule has 0 fully saturated rings. The Labute approximate surface area is 174 Å². The predicted molar refractivity (Wildman–Crippen MR) is 114 cm³/mol. The molecule has 1 heterocycles. The van der Waals surface area contributed by atoms with Crippen LogP contribution >= 0.6 is 11.3 Å². The molecule has 1 aromatic heterocycles. The van der Waals surface area contributed by atoms with Gasteiger partial charge < -0.3 is 14.8 Å². The number of anilines is 1. The SMILES string of the molecule is C=CCOc1cccc(/C=C(\C#N)C(=O)Nc2sc(C)c(C)c2C(=O)OCC)c1. The van der Waals surface area contributed by atoms with Gasteiger partial charge in [-0.25, -0.2) is 4.79 Å². The van der Waals surface area contributed by atoms with E-state index in [4.69, 9.17) is 9.47 Å². The van der Waals surface area contributed by atoms with Gasteiger partial charge in [-0.2, -0.15) is 5.26 Å². The van der Waals surface area contributed by atoms with E-state index in [1.165, 1.54) is 17.4 Å². The molecule has 29 heavy (non-hydrogen) atoms. The fraction of sp³-hybridized carbons (Fsp3) is 0.227. The van der Waals surface area contributed by atoms with Crippen LogP contribution in [0, 0.1) is 25.2 Å². The van der Waals surface area contributed by atoms with Gasteiger partial charge in [0, 0.05) is 4.88 Å². The molecular weight excluding hydrogens is 388 g/mol. The van der Waals surface area contributed by atoms with Crippen molar-refractivity contribution in [3.8, 4) is 11.8 Å². The Morgan fingerprint density at radius 1 is 1.34 bits per heavy atom. The van der Waals surface area contributed by atoms with Crippen LogP contribution in [0.2, 0.25) is 0 Å². The van der Waals surface area contributed by atoms with Crippen LogP contribution in [0.15, 0.2) is 42.5 Å². The van der Waals surface area contributed by atoms with Crippen molar-refractivity contribution in [3.05, 3.63) is 64.1 Å². The number of benzene rings is 1. The molecule has 0 radical (unpaired) electrons. The Balaban J connectivity index is 2.29. The first-order chi connectivity index (χ1) is 13.9. The van der Waals surface area contributed by atoms with Gasteiger partial charge in [-0.05, 0) is 50.1 Å². The average molecular weight is 410 g/mol. The third-order valence-corrected chi connectivity index (χ3v) is 5.12. The Hall–Kier alpha value is -3.37. The summed E-state index contributed by atoms with van der Waals surface area (Å²) in [5.74, 6) is -0.499. The molecule has 0 saturated carbocycles. The van der Waals surface area contributed by atoms with Crippen LogP contribution in [0.25, 0.3) is 6.08 Å². The van der Waals surface area contributed by atoms with Crippen LogP contribution in [-0.2, 0) is 9.53 Å². The molecule has 0 bridgehead atoms. The molecule has 0 aliphatic carbocycles. The van der Waals surface area contributed by atoms with E-state index in [9.17, 15) is 14.9 Å². The second kappa shape index (κ2) is 10.2. The molecule has 0 saturated heterocycles. The Bertz CT molecular complexity index is 999. The van der Waals surface area contributed by atoms with E-state index < -0.39 is 11.9 Å². The Morgan fingerprint density at radius 3 is 2.76 bits per heavy atom. The topological polar surface area (TPSA) is 88.4 Å². The fourth-order valence-corrected chi connectivity index (χ4v) is 3.54. The van der Waals surface area contributed by atoms with E-state index in [-0.39, 0.29) is 12.2 Å². The minimum Gasteiger partial charge on any atom is -0.490 e. The van der Waals surface area contributed by atoms with Gasteiger partial charge >= 0.3 is 5.97 Å². The third kappa shape index (κ3) is 5.56. The highest BCUT2D eigenvalue weighted by Gasteiger charge is 2.23. The van der Waals surface area contributed by atoms with Gasteiger partial charge in [0.1, 0.15) is 29.0 Å². The van der Waals surface area contributed by atoms with Crippen molar-refractivity contribution >= 4 is 34.3 Å². The number of hydrogen-bond donors (Lipinski definition) is 1. The maximum absolute atomic E-state index is 12.7. The van der Waals surface area contributed by atoms with E-state index in [0.29, 0.717) is 28.5 Å². The highest BCUT2D eigenvalue weighted by Crippen LogP contribution is 2.33. The molecule has 0 spiro atoms. The second-order valence-corrected chi connectivity index (χ2v) is 7.23. The Morgan fingerprint density at radius 2 is 2.10 bits per heavy atom. The second-order valence-electron chi connectivity index (χ2n) is 6.00. The van der Waals surface area contributed by atoms with E-state index in [0.717, 1.165) is 10.4 Å². The molecule has 2 aromatic rings. The highest BCUT2D eigenvalue weighted by molar-refractivity contribution is 7.16. The molecule has 0 atom stereocenters. The zero-order valence-corrected chi connectivity index (χ0v) is 17.4. The number of thiophene rings is 1. The normalized spacial score (nSPS) is 10.8. The van der Waals surface area contributed by atoms with Gasteiger partial charge in [-0.3, -0.25) is 4.79 Å². The number of nitrogens with one attached hydrogen (secondary N) is 1. The lowest BCUT2D eigenvalue weighted by Gasteiger charge is -2.07. The van der Waals surface area contributed by atoms with E-state index >= 15 is 0 Å². The van der Waals surface area contributed by atoms with Crippen molar-refractivity contribution in [1.29, 1.82) is 5.26 Å². The lowest BCUT2D eigenvalue weighted by Crippen LogP contribution is -2.16. The number of nitrogens with zero attached hydrogens (tertiary/aromatic N) is 1. The fourth-order valence-electron chi connectivity index (χ4n) is 2.50. The van der Waals surface area contributed by atoms with E-state index in [1.807, 2.05) is 13.0 Å². The first-order valence-corrected chi connectivity index (χ1v) is 9.76. The maximum atomic E-state index is 12.7. The number of carbonyl (C=O) groups excluding carboxylic acids is 2. The summed E-state index contributed by atoms with van der Waals surface area (Å²) in [6.45, 7) is 9.55. The van der Waals surface area contributed by atoms with Gasteiger partial charge in [0.2, 0.25) is 0 Å². The molecule has 0 aliphatic heterocycles. The smallest absolute Gasteiger partial charge is 0.341 e. The largest absolute Gasteiger partial charge is 0.490 e. The summed E-state index contributed by atoms with van der Waals surface area (Å²) in [6.07, 6.45) is 3.09. The highest BCUT2D eigenvalue weighted by atomic mass is 32.1. The van der Waals surface area contributed by atoms with Gasteiger partial charge in [-0.15, -0.1) is 11.3 Å². The van der Waals surface area contributed by atoms with E-state index in [2.05, 4.69) is 11.9 Å². The lowest BCUT2D eigenvalue weighted by atomic mass is 10.1. The molecule has 150 valence electrons. The standard InChI is InChI=1S/C22H22N2O4S/c1-5-10-28-18-9-7-8-16(12-18)11-17(13-23)20(25)24-21-19(22(26)27-6-2)14(3)15(4)29-21/h5,7-9,11-12H,1,6,10H2,2-4H3,(H,24,25)/b17-11+. The summed E-state index contributed by atoms with van der Waals surface area (Å²) in [5.41, 5.74) is 1.62.